The maximum atomic E-state index is 6.17. The quantitative estimate of drug-likeness (QED) is 0.217. The highest BCUT2D eigenvalue weighted by Crippen LogP contribution is 2.36. The number of nitrogens with zero attached hydrogens (tertiary/aromatic N) is 4. The minimum Gasteiger partial charge on any atom is -0.437 e. The summed E-state index contributed by atoms with van der Waals surface area (Å²) in [5, 5.41) is 5.61. The van der Waals surface area contributed by atoms with Crippen LogP contribution in [0.4, 0.5) is 0 Å². The third-order valence-corrected chi connectivity index (χ3v) is 7.87. The van der Waals surface area contributed by atoms with Gasteiger partial charge in [0.1, 0.15) is 16.7 Å². The Labute approximate surface area is 228 Å². The van der Waals surface area contributed by atoms with Crippen molar-refractivity contribution < 1.29 is 4.42 Å². The van der Waals surface area contributed by atoms with Gasteiger partial charge in [-0.1, -0.05) is 48.5 Å². The Morgan fingerprint density at radius 2 is 1.30 bits per heavy atom. The third-order valence-electron chi connectivity index (χ3n) is 7.87. The molecule has 0 saturated heterocycles. The molecule has 0 bridgehead atoms. The molecular weight excluding hydrogens is 492 g/mol. The smallest absolute Gasteiger partial charge is 0.232 e. The fourth-order valence-corrected chi connectivity index (χ4v) is 5.93. The molecule has 0 spiro atoms. The molecule has 0 aliphatic rings. The van der Waals surface area contributed by atoms with E-state index in [0.717, 1.165) is 71.9 Å². The van der Waals surface area contributed by atoms with Crippen LogP contribution < -0.4 is 0 Å². The van der Waals surface area contributed by atoms with Crippen molar-refractivity contribution in [3.8, 4) is 22.3 Å². The monoisotopic (exact) mass is 512 g/mol. The molecule has 186 valence electrons. The second-order valence-electron chi connectivity index (χ2n) is 10.2. The van der Waals surface area contributed by atoms with Crippen molar-refractivity contribution in [1.29, 1.82) is 0 Å². The van der Waals surface area contributed by atoms with Crippen LogP contribution in [-0.2, 0) is 0 Å². The average Bonchev–Trinajstić information content (AvgIpc) is 3.56. The van der Waals surface area contributed by atoms with Crippen LogP contribution in [0.2, 0.25) is 0 Å². The number of rotatable bonds is 2. The van der Waals surface area contributed by atoms with Gasteiger partial charge in [-0.05, 0) is 87.6 Å². The maximum absolute atomic E-state index is 6.17. The Balaban J connectivity index is 1.17. The number of aromatic nitrogens is 4. The molecular formula is C35H20N4O. The highest BCUT2D eigenvalue weighted by atomic mass is 16.3. The summed E-state index contributed by atoms with van der Waals surface area (Å²) in [6, 6.07) is 35.9. The van der Waals surface area contributed by atoms with Gasteiger partial charge in [-0.25, -0.2) is 4.98 Å². The zero-order valence-electron chi connectivity index (χ0n) is 21.2. The number of imidazole rings is 1. The van der Waals surface area contributed by atoms with Gasteiger partial charge in [-0.2, -0.15) is 0 Å². The summed E-state index contributed by atoms with van der Waals surface area (Å²) in [6.07, 6.45) is 5.78. The molecule has 0 unspecified atom stereocenters. The van der Waals surface area contributed by atoms with E-state index in [9.17, 15) is 0 Å². The van der Waals surface area contributed by atoms with Gasteiger partial charge in [0.2, 0.25) is 5.71 Å². The Hall–Kier alpha value is -5.55. The lowest BCUT2D eigenvalue weighted by molar-refractivity contribution is 0.649. The SMILES string of the molecule is c1cnc2c(c1)cc(-c1ccc3cc(-c4ccc5nc6c7ccccc7oc6n5c4)ccc3c1)c1cccnc12. The molecule has 4 aromatic carbocycles. The molecule has 9 rings (SSSR count). The summed E-state index contributed by atoms with van der Waals surface area (Å²) >= 11 is 0. The van der Waals surface area contributed by atoms with Crippen LogP contribution >= 0.6 is 0 Å². The number of para-hydroxylation sites is 1. The summed E-state index contributed by atoms with van der Waals surface area (Å²) in [6.45, 7) is 0. The molecule has 40 heavy (non-hydrogen) atoms. The first-order chi connectivity index (χ1) is 19.8. The lowest BCUT2D eigenvalue weighted by Crippen LogP contribution is -1.89. The standard InChI is InChI=1S/C35H20N4O/c1-2-8-30-28(6-1)34-35(40-30)39-20-26(13-14-31(39)38-34)23-10-9-22-18-24(12-11-21(22)17-23)29-19-25-5-3-15-36-32(25)33-27(29)7-4-16-37-33/h1-20H. The topological polar surface area (TPSA) is 56.2 Å². The number of hydrogen-bond acceptors (Lipinski definition) is 4. The van der Waals surface area contributed by atoms with Crippen LogP contribution in [0.5, 0.6) is 0 Å². The fourth-order valence-electron chi connectivity index (χ4n) is 5.93. The second-order valence-corrected chi connectivity index (χ2v) is 10.2. The molecule has 5 nitrogen and oxygen atoms in total. The predicted octanol–water partition coefficient (Wildman–Crippen LogP) is 8.82. The van der Waals surface area contributed by atoms with E-state index in [4.69, 9.17) is 9.40 Å². The zero-order valence-corrected chi connectivity index (χ0v) is 21.2. The highest BCUT2D eigenvalue weighted by molar-refractivity contribution is 6.10. The van der Waals surface area contributed by atoms with Crippen molar-refractivity contribution in [3.63, 3.8) is 0 Å². The van der Waals surface area contributed by atoms with Gasteiger partial charge >= 0.3 is 0 Å². The first-order valence-corrected chi connectivity index (χ1v) is 13.3. The molecule has 9 aromatic rings. The normalized spacial score (nSPS) is 12.0. The van der Waals surface area contributed by atoms with Crippen molar-refractivity contribution in [3.05, 3.63) is 122 Å². The molecule has 5 aromatic heterocycles. The van der Waals surface area contributed by atoms with Gasteiger partial charge in [0.25, 0.3) is 0 Å². The number of pyridine rings is 3. The summed E-state index contributed by atoms with van der Waals surface area (Å²) in [4.78, 5) is 14.1. The lowest BCUT2D eigenvalue weighted by Gasteiger charge is -2.11. The molecule has 0 amide bonds. The van der Waals surface area contributed by atoms with Gasteiger partial charge < -0.3 is 4.42 Å². The van der Waals surface area contributed by atoms with Crippen molar-refractivity contribution >= 4 is 60.4 Å². The van der Waals surface area contributed by atoms with Crippen molar-refractivity contribution in [2.75, 3.05) is 0 Å². The number of benzene rings is 4. The first kappa shape index (κ1) is 21.4. The largest absolute Gasteiger partial charge is 0.437 e. The molecule has 0 saturated carbocycles. The summed E-state index contributed by atoms with van der Waals surface area (Å²) < 4.78 is 8.22. The van der Waals surface area contributed by atoms with Gasteiger partial charge in [-0.3, -0.25) is 14.4 Å². The van der Waals surface area contributed by atoms with E-state index in [1.165, 1.54) is 10.8 Å². The molecule has 0 aliphatic carbocycles. The highest BCUT2D eigenvalue weighted by Gasteiger charge is 2.15. The zero-order chi connectivity index (χ0) is 26.2. The van der Waals surface area contributed by atoms with E-state index < -0.39 is 0 Å². The molecule has 0 radical (unpaired) electrons. The maximum Gasteiger partial charge on any atom is 0.232 e. The molecule has 0 N–H and O–H groups in total. The number of hydrogen-bond donors (Lipinski definition) is 0. The Bertz CT molecular complexity index is 2450. The number of furan rings is 1. The van der Waals surface area contributed by atoms with Crippen LogP contribution in [0.25, 0.3) is 82.7 Å². The van der Waals surface area contributed by atoms with Crippen LogP contribution in [0, 0.1) is 0 Å². The van der Waals surface area contributed by atoms with Gasteiger partial charge in [-0.15, -0.1) is 0 Å². The molecule has 5 heteroatoms. The van der Waals surface area contributed by atoms with Crippen LogP contribution in [0.1, 0.15) is 0 Å². The van der Waals surface area contributed by atoms with E-state index in [1.807, 2.05) is 47.1 Å². The van der Waals surface area contributed by atoms with E-state index in [1.54, 1.807) is 0 Å². The third kappa shape index (κ3) is 3.06. The molecule has 5 heterocycles. The minimum absolute atomic E-state index is 0.774. The van der Waals surface area contributed by atoms with Gasteiger partial charge in [0, 0.05) is 34.7 Å². The van der Waals surface area contributed by atoms with Crippen LogP contribution in [-0.4, -0.2) is 19.4 Å². The minimum atomic E-state index is 0.774. The fraction of sp³-hybridized carbons (Fsp3) is 0. The van der Waals surface area contributed by atoms with Crippen molar-refractivity contribution in [2.24, 2.45) is 0 Å². The van der Waals surface area contributed by atoms with Crippen molar-refractivity contribution in [1.82, 2.24) is 19.4 Å². The van der Waals surface area contributed by atoms with Crippen LogP contribution in [0.15, 0.2) is 126 Å². The van der Waals surface area contributed by atoms with Crippen molar-refractivity contribution in [2.45, 2.75) is 0 Å². The Morgan fingerprint density at radius 1 is 0.550 bits per heavy atom. The number of fused-ring (bicyclic) bond motifs is 9. The summed E-state index contributed by atoms with van der Waals surface area (Å²) in [5.41, 5.74) is 9.84. The van der Waals surface area contributed by atoms with Crippen LogP contribution in [0.3, 0.4) is 0 Å². The van der Waals surface area contributed by atoms with E-state index in [0.29, 0.717) is 0 Å². The molecule has 0 fully saturated rings. The Kier molecular flexibility index (Phi) is 4.27. The van der Waals surface area contributed by atoms with Gasteiger partial charge in [0.15, 0.2) is 0 Å². The summed E-state index contributed by atoms with van der Waals surface area (Å²) in [5.74, 6) is 0. The van der Waals surface area contributed by atoms with Gasteiger partial charge in [0.05, 0.1) is 11.0 Å². The molecule has 0 aliphatic heterocycles. The molecule has 0 atom stereocenters. The van der Waals surface area contributed by atoms with E-state index in [-0.39, 0.29) is 0 Å². The average molecular weight is 513 g/mol. The van der Waals surface area contributed by atoms with E-state index in [2.05, 4.69) is 89.0 Å². The first-order valence-electron chi connectivity index (χ1n) is 13.3. The summed E-state index contributed by atoms with van der Waals surface area (Å²) in [7, 11) is 0. The van der Waals surface area contributed by atoms with E-state index >= 15 is 0 Å². The lowest BCUT2D eigenvalue weighted by atomic mass is 9.95. The Morgan fingerprint density at radius 3 is 2.23 bits per heavy atom. The second kappa shape index (κ2) is 7.98. The predicted molar refractivity (Wildman–Crippen MR) is 161 cm³/mol.